The zero-order valence-electron chi connectivity index (χ0n) is 18.3. The molecule has 35 heavy (non-hydrogen) atoms. The molecule has 0 N–H and O–H groups in total. The first kappa shape index (κ1) is 21.2. The van der Waals surface area contributed by atoms with Crippen molar-refractivity contribution in [2.45, 2.75) is 0 Å². The molecule has 0 aliphatic carbocycles. The SMILES string of the molecule is O=c1c2cc(Br)ccc2nc(-c2ccccc2)n1-c1cccc(-c2nnc(-c3ccccc3)o2)c1. The summed E-state index contributed by atoms with van der Waals surface area (Å²) >= 11 is 3.47. The van der Waals surface area contributed by atoms with Crippen molar-refractivity contribution in [2.75, 3.05) is 0 Å². The fourth-order valence-corrected chi connectivity index (χ4v) is 4.35. The first-order valence-corrected chi connectivity index (χ1v) is 11.7. The molecule has 0 bridgehead atoms. The second kappa shape index (κ2) is 8.77. The Labute approximate surface area is 208 Å². The van der Waals surface area contributed by atoms with Gasteiger partial charge < -0.3 is 4.42 Å². The van der Waals surface area contributed by atoms with Crippen LogP contribution in [0.4, 0.5) is 0 Å². The molecule has 2 aromatic heterocycles. The fourth-order valence-electron chi connectivity index (χ4n) is 3.99. The molecular formula is C28H17BrN4O2. The number of rotatable bonds is 4. The van der Waals surface area contributed by atoms with Crippen LogP contribution in [0.2, 0.25) is 0 Å². The smallest absolute Gasteiger partial charge is 0.266 e. The summed E-state index contributed by atoms with van der Waals surface area (Å²) in [6, 6.07) is 32.3. The Morgan fingerprint density at radius 3 is 2.09 bits per heavy atom. The highest BCUT2D eigenvalue weighted by atomic mass is 79.9. The van der Waals surface area contributed by atoms with Crippen LogP contribution >= 0.6 is 15.9 Å². The average Bonchev–Trinajstić information content (AvgIpc) is 3.41. The van der Waals surface area contributed by atoms with Gasteiger partial charge in [0.1, 0.15) is 5.82 Å². The third-order valence-corrected chi connectivity index (χ3v) is 6.15. The summed E-state index contributed by atoms with van der Waals surface area (Å²) < 4.78 is 8.39. The van der Waals surface area contributed by atoms with Crippen molar-refractivity contribution in [3.8, 4) is 40.0 Å². The number of hydrogen-bond donors (Lipinski definition) is 0. The summed E-state index contributed by atoms with van der Waals surface area (Å²) in [6.07, 6.45) is 0. The molecule has 0 radical (unpaired) electrons. The summed E-state index contributed by atoms with van der Waals surface area (Å²) in [4.78, 5) is 18.6. The van der Waals surface area contributed by atoms with E-state index in [4.69, 9.17) is 9.40 Å². The summed E-state index contributed by atoms with van der Waals surface area (Å²) in [5.74, 6) is 1.36. The van der Waals surface area contributed by atoms with Crippen LogP contribution in [-0.2, 0) is 0 Å². The summed E-state index contributed by atoms with van der Waals surface area (Å²) in [7, 11) is 0. The molecule has 0 amide bonds. The number of hydrogen-bond acceptors (Lipinski definition) is 5. The molecule has 0 aliphatic heterocycles. The first-order valence-electron chi connectivity index (χ1n) is 10.9. The van der Waals surface area contributed by atoms with Gasteiger partial charge in [0.15, 0.2) is 0 Å². The van der Waals surface area contributed by atoms with E-state index in [1.165, 1.54) is 0 Å². The Balaban J connectivity index is 1.54. The van der Waals surface area contributed by atoms with E-state index in [1.807, 2.05) is 97.1 Å². The van der Waals surface area contributed by atoms with Crippen molar-refractivity contribution in [3.63, 3.8) is 0 Å². The van der Waals surface area contributed by atoms with E-state index in [9.17, 15) is 4.79 Å². The molecule has 4 aromatic carbocycles. The molecule has 6 aromatic rings. The maximum Gasteiger partial charge on any atom is 0.266 e. The van der Waals surface area contributed by atoms with Crippen molar-refractivity contribution in [1.82, 2.24) is 19.7 Å². The van der Waals surface area contributed by atoms with Crippen LogP contribution in [0.15, 0.2) is 117 Å². The Kier molecular flexibility index (Phi) is 5.31. The minimum Gasteiger partial charge on any atom is -0.416 e. The van der Waals surface area contributed by atoms with Gasteiger partial charge in [-0.15, -0.1) is 10.2 Å². The molecule has 6 nitrogen and oxygen atoms in total. The van der Waals surface area contributed by atoms with E-state index >= 15 is 0 Å². The van der Waals surface area contributed by atoms with Crippen LogP contribution in [0.1, 0.15) is 0 Å². The average molecular weight is 521 g/mol. The number of fused-ring (bicyclic) bond motifs is 1. The zero-order chi connectivity index (χ0) is 23.8. The molecule has 0 unspecified atom stereocenters. The minimum absolute atomic E-state index is 0.164. The molecule has 2 heterocycles. The van der Waals surface area contributed by atoms with Crippen LogP contribution in [0.5, 0.6) is 0 Å². The van der Waals surface area contributed by atoms with E-state index in [-0.39, 0.29) is 5.56 Å². The predicted molar refractivity (Wildman–Crippen MR) is 139 cm³/mol. The van der Waals surface area contributed by atoms with Gasteiger partial charge in [-0.2, -0.15) is 0 Å². The normalized spacial score (nSPS) is 11.1. The van der Waals surface area contributed by atoms with Crippen molar-refractivity contribution in [2.24, 2.45) is 0 Å². The molecule has 168 valence electrons. The zero-order valence-corrected chi connectivity index (χ0v) is 19.9. The third kappa shape index (κ3) is 3.96. The van der Waals surface area contributed by atoms with Crippen LogP contribution in [0.25, 0.3) is 50.9 Å². The predicted octanol–water partition coefficient (Wildman–Crippen LogP) is 6.53. The minimum atomic E-state index is -0.164. The van der Waals surface area contributed by atoms with Crippen LogP contribution in [-0.4, -0.2) is 19.7 Å². The Hall–Kier alpha value is -4.36. The molecule has 0 saturated carbocycles. The Morgan fingerprint density at radius 1 is 0.686 bits per heavy atom. The van der Waals surface area contributed by atoms with E-state index < -0.39 is 0 Å². The monoisotopic (exact) mass is 520 g/mol. The van der Waals surface area contributed by atoms with Crippen molar-refractivity contribution < 1.29 is 4.42 Å². The van der Waals surface area contributed by atoms with E-state index in [0.717, 1.165) is 15.6 Å². The first-order chi connectivity index (χ1) is 17.2. The molecule has 6 rings (SSSR count). The quantitative estimate of drug-likeness (QED) is 0.264. The van der Waals surface area contributed by atoms with Gasteiger partial charge in [0.2, 0.25) is 11.8 Å². The lowest BCUT2D eigenvalue weighted by Gasteiger charge is -2.14. The molecule has 0 spiro atoms. The van der Waals surface area contributed by atoms with Gasteiger partial charge in [0.05, 0.1) is 16.6 Å². The second-order valence-electron chi connectivity index (χ2n) is 7.93. The maximum absolute atomic E-state index is 13.8. The standard InChI is InChI=1S/C28H17BrN4O2/c29-21-14-15-24-23(17-21)28(34)33(25(30-24)18-8-3-1-4-9-18)22-13-7-12-20(16-22)27-32-31-26(35-27)19-10-5-2-6-11-19/h1-17H. The highest BCUT2D eigenvalue weighted by molar-refractivity contribution is 9.10. The summed E-state index contributed by atoms with van der Waals surface area (Å²) in [6.45, 7) is 0. The van der Waals surface area contributed by atoms with E-state index in [0.29, 0.717) is 39.8 Å². The van der Waals surface area contributed by atoms with Crippen molar-refractivity contribution >= 4 is 26.8 Å². The van der Waals surface area contributed by atoms with E-state index in [2.05, 4.69) is 26.1 Å². The molecule has 0 aliphatic rings. The lowest BCUT2D eigenvalue weighted by atomic mass is 10.1. The summed E-state index contributed by atoms with van der Waals surface area (Å²) in [5, 5.41) is 8.95. The van der Waals surface area contributed by atoms with Crippen LogP contribution in [0.3, 0.4) is 0 Å². The molecule has 0 saturated heterocycles. The van der Waals surface area contributed by atoms with Gasteiger partial charge in [-0.05, 0) is 48.5 Å². The largest absolute Gasteiger partial charge is 0.416 e. The molecule has 0 fully saturated rings. The number of benzene rings is 4. The lowest BCUT2D eigenvalue weighted by molar-refractivity contribution is 0.584. The highest BCUT2D eigenvalue weighted by Gasteiger charge is 2.17. The maximum atomic E-state index is 13.8. The number of nitrogens with zero attached hydrogens (tertiary/aromatic N) is 4. The fraction of sp³-hybridized carbons (Fsp3) is 0. The van der Waals surface area contributed by atoms with Crippen LogP contribution in [0, 0.1) is 0 Å². The van der Waals surface area contributed by atoms with Gasteiger partial charge in [0, 0.05) is 21.2 Å². The number of aromatic nitrogens is 4. The Morgan fingerprint density at radius 2 is 1.34 bits per heavy atom. The number of halogens is 1. The topological polar surface area (TPSA) is 73.8 Å². The van der Waals surface area contributed by atoms with Crippen LogP contribution < -0.4 is 5.56 Å². The summed E-state index contributed by atoms with van der Waals surface area (Å²) in [5.41, 5.74) is 3.51. The third-order valence-electron chi connectivity index (χ3n) is 5.66. The van der Waals surface area contributed by atoms with Gasteiger partial charge in [-0.3, -0.25) is 9.36 Å². The molecule has 7 heteroatoms. The van der Waals surface area contributed by atoms with Gasteiger partial charge in [0.25, 0.3) is 5.56 Å². The second-order valence-corrected chi connectivity index (χ2v) is 8.85. The molecular weight excluding hydrogens is 504 g/mol. The van der Waals surface area contributed by atoms with Crippen molar-refractivity contribution in [1.29, 1.82) is 0 Å². The van der Waals surface area contributed by atoms with Gasteiger partial charge in [-0.25, -0.2) is 4.98 Å². The van der Waals surface area contributed by atoms with Gasteiger partial charge in [-0.1, -0.05) is 70.5 Å². The van der Waals surface area contributed by atoms with Crippen molar-refractivity contribution in [3.05, 3.63) is 118 Å². The van der Waals surface area contributed by atoms with E-state index in [1.54, 1.807) is 10.6 Å². The molecule has 0 atom stereocenters. The lowest BCUT2D eigenvalue weighted by Crippen LogP contribution is -2.22. The Bertz CT molecular complexity index is 1730. The highest BCUT2D eigenvalue weighted by Crippen LogP contribution is 2.28. The van der Waals surface area contributed by atoms with Gasteiger partial charge >= 0.3 is 0 Å².